The lowest BCUT2D eigenvalue weighted by Gasteiger charge is -2.45. The van der Waals surface area contributed by atoms with E-state index in [-0.39, 0.29) is 0 Å². The molecule has 0 aliphatic heterocycles. The van der Waals surface area contributed by atoms with Crippen LogP contribution in [-0.2, 0) is 0 Å². The van der Waals surface area contributed by atoms with Crippen molar-refractivity contribution in [3.05, 3.63) is 30.3 Å². The summed E-state index contributed by atoms with van der Waals surface area (Å²) in [6.07, 6.45) is 0. The molecule has 0 amide bonds. The molecule has 1 rings (SSSR count). The first-order valence-corrected chi connectivity index (χ1v) is 12.5. The van der Waals surface area contributed by atoms with E-state index in [0.717, 1.165) is 0 Å². The van der Waals surface area contributed by atoms with Gasteiger partial charge in [0.2, 0.25) is 0 Å². The fourth-order valence-corrected chi connectivity index (χ4v) is 12.3. The van der Waals surface area contributed by atoms with E-state index in [9.17, 15) is 0 Å². The minimum Gasteiger partial charge on any atom is -0.425 e. The van der Waals surface area contributed by atoms with Crippen LogP contribution in [0.3, 0.4) is 0 Å². The Morgan fingerprint density at radius 1 is 0.733 bits per heavy atom. The van der Waals surface area contributed by atoms with Crippen LogP contribution in [0, 0.1) is 0 Å². The maximum absolute atomic E-state index is 2.74. The summed E-state index contributed by atoms with van der Waals surface area (Å²) in [4.78, 5) is 0. The van der Waals surface area contributed by atoms with Crippen molar-refractivity contribution in [3.8, 4) is 0 Å². The van der Waals surface area contributed by atoms with Gasteiger partial charge in [0.25, 0.3) is 0 Å². The first kappa shape index (κ1) is 12.5. The maximum Gasteiger partial charge on any atom is 0.138 e. The van der Waals surface area contributed by atoms with Crippen molar-refractivity contribution in [2.75, 3.05) is 4.23 Å². The van der Waals surface area contributed by atoms with Crippen molar-refractivity contribution >= 4 is 22.2 Å². The number of para-hydroxylation sites is 1. The molecule has 0 atom stereocenters. The Morgan fingerprint density at radius 3 is 1.47 bits per heavy atom. The molecule has 15 heavy (non-hydrogen) atoms. The standard InChI is InChI=1S/C12H23NSi2/c1-14(2,3)13(15(4,5)6)12-10-8-7-9-11-12/h7-11H,1-6H3. The molecule has 3 heteroatoms. The number of anilines is 1. The highest BCUT2D eigenvalue weighted by atomic mass is 28.4. The van der Waals surface area contributed by atoms with Crippen LogP contribution in [0.1, 0.15) is 0 Å². The second kappa shape index (κ2) is 4.14. The van der Waals surface area contributed by atoms with E-state index in [0.29, 0.717) is 0 Å². The Bertz CT molecular complexity index is 295. The van der Waals surface area contributed by atoms with Crippen LogP contribution in [0.15, 0.2) is 30.3 Å². The van der Waals surface area contributed by atoms with Crippen molar-refractivity contribution in [1.82, 2.24) is 0 Å². The van der Waals surface area contributed by atoms with Crippen molar-refractivity contribution < 1.29 is 0 Å². The molecule has 0 heterocycles. The first-order valence-electron chi connectivity index (χ1n) is 5.58. The van der Waals surface area contributed by atoms with E-state index in [2.05, 4.69) is 73.8 Å². The molecule has 1 aromatic rings. The quantitative estimate of drug-likeness (QED) is 0.714. The number of hydrogen-bond acceptors (Lipinski definition) is 1. The van der Waals surface area contributed by atoms with Crippen molar-refractivity contribution in [2.45, 2.75) is 39.3 Å². The Labute approximate surface area is 96.3 Å². The summed E-state index contributed by atoms with van der Waals surface area (Å²) in [5.41, 5.74) is 1.41. The molecule has 1 nitrogen and oxygen atoms in total. The zero-order chi connectivity index (χ0) is 11.7. The molecule has 0 bridgehead atoms. The summed E-state index contributed by atoms with van der Waals surface area (Å²) in [6.45, 7) is 14.6. The summed E-state index contributed by atoms with van der Waals surface area (Å²) < 4.78 is 2.74. The Balaban J connectivity index is 3.15. The van der Waals surface area contributed by atoms with Gasteiger partial charge >= 0.3 is 0 Å². The van der Waals surface area contributed by atoms with E-state index < -0.39 is 16.5 Å². The molecule has 0 N–H and O–H groups in total. The van der Waals surface area contributed by atoms with Gasteiger partial charge in [-0.15, -0.1) is 0 Å². The molecule has 0 saturated heterocycles. The molecule has 84 valence electrons. The van der Waals surface area contributed by atoms with Gasteiger partial charge < -0.3 is 4.23 Å². The van der Waals surface area contributed by atoms with Gasteiger partial charge in [0.1, 0.15) is 16.5 Å². The van der Waals surface area contributed by atoms with Gasteiger partial charge in [-0.1, -0.05) is 57.5 Å². The Kier molecular flexibility index (Phi) is 3.46. The lowest BCUT2D eigenvalue weighted by atomic mass is 10.3. The molecule has 1 aromatic carbocycles. The lowest BCUT2D eigenvalue weighted by Crippen LogP contribution is -2.59. The van der Waals surface area contributed by atoms with Gasteiger partial charge in [-0.25, -0.2) is 0 Å². The third kappa shape index (κ3) is 3.21. The molecule has 0 aliphatic carbocycles. The van der Waals surface area contributed by atoms with Gasteiger partial charge in [-0.2, -0.15) is 0 Å². The highest BCUT2D eigenvalue weighted by molar-refractivity contribution is 6.99. The number of rotatable bonds is 3. The smallest absolute Gasteiger partial charge is 0.138 e. The maximum atomic E-state index is 2.74. The predicted octanol–water partition coefficient (Wildman–Crippen LogP) is 4.16. The normalized spacial score (nSPS) is 12.7. The summed E-state index contributed by atoms with van der Waals surface area (Å²) in [5, 5.41) is 0. The largest absolute Gasteiger partial charge is 0.425 e. The minimum atomic E-state index is -1.27. The van der Waals surface area contributed by atoms with Gasteiger partial charge in [-0.05, 0) is 12.1 Å². The third-order valence-electron chi connectivity index (χ3n) is 2.36. The first-order chi connectivity index (χ1) is 6.73. The molecule has 0 aliphatic rings. The van der Waals surface area contributed by atoms with Crippen molar-refractivity contribution in [2.24, 2.45) is 0 Å². The molecule has 0 radical (unpaired) electrons. The van der Waals surface area contributed by atoms with Crippen LogP contribution >= 0.6 is 0 Å². The number of nitrogens with zero attached hydrogens (tertiary/aromatic N) is 1. The van der Waals surface area contributed by atoms with Crippen LogP contribution in [0.4, 0.5) is 5.69 Å². The highest BCUT2D eigenvalue weighted by Gasteiger charge is 2.34. The number of benzene rings is 1. The Hall–Kier alpha value is -0.546. The van der Waals surface area contributed by atoms with Gasteiger partial charge in [0.05, 0.1) is 0 Å². The fourth-order valence-electron chi connectivity index (χ4n) is 2.36. The van der Waals surface area contributed by atoms with Crippen LogP contribution in [0.2, 0.25) is 39.3 Å². The SMILES string of the molecule is C[Si](C)(C)N(c1ccccc1)[Si](C)(C)C. The average Bonchev–Trinajstić information content (AvgIpc) is 2.00. The lowest BCUT2D eigenvalue weighted by molar-refractivity contribution is 1.35. The summed E-state index contributed by atoms with van der Waals surface area (Å²) in [7, 11) is -2.54. The van der Waals surface area contributed by atoms with E-state index in [1.807, 2.05) is 0 Å². The van der Waals surface area contributed by atoms with Crippen LogP contribution in [-0.4, -0.2) is 16.5 Å². The topological polar surface area (TPSA) is 3.24 Å². The third-order valence-corrected chi connectivity index (χ3v) is 9.58. The molecule has 0 spiro atoms. The molecule has 0 aromatic heterocycles. The average molecular weight is 237 g/mol. The summed E-state index contributed by atoms with van der Waals surface area (Å²) in [5.74, 6) is 0. The predicted molar refractivity (Wildman–Crippen MR) is 75.6 cm³/mol. The van der Waals surface area contributed by atoms with Crippen molar-refractivity contribution in [1.29, 1.82) is 0 Å². The van der Waals surface area contributed by atoms with E-state index in [1.165, 1.54) is 5.69 Å². The van der Waals surface area contributed by atoms with Gasteiger partial charge in [0.15, 0.2) is 0 Å². The molecular formula is C12H23NSi2. The van der Waals surface area contributed by atoms with E-state index in [4.69, 9.17) is 0 Å². The molecule has 0 unspecified atom stereocenters. The van der Waals surface area contributed by atoms with Crippen LogP contribution < -0.4 is 4.23 Å². The van der Waals surface area contributed by atoms with E-state index >= 15 is 0 Å². The zero-order valence-corrected chi connectivity index (χ0v) is 12.8. The van der Waals surface area contributed by atoms with Crippen LogP contribution in [0.5, 0.6) is 0 Å². The second-order valence-corrected chi connectivity index (χ2v) is 16.0. The zero-order valence-electron chi connectivity index (χ0n) is 10.8. The minimum absolute atomic E-state index is 1.27. The highest BCUT2D eigenvalue weighted by Crippen LogP contribution is 2.27. The van der Waals surface area contributed by atoms with E-state index in [1.54, 1.807) is 0 Å². The second-order valence-electron chi connectivity index (χ2n) is 6.01. The summed E-state index contributed by atoms with van der Waals surface area (Å²) in [6, 6.07) is 10.9. The monoisotopic (exact) mass is 237 g/mol. The molecule has 0 saturated carbocycles. The van der Waals surface area contributed by atoms with Crippen LogP contribution in [0.25, 0.3) is 0 Å². The molecule has 0 fully saturated rings. The van der Waals surface area contributed by atoms with Gasteiger partial charge in [0, 0.05) is 5.69 Å². The molecular weight excluding hydrogens is 214 g/mol. The van der Waals surface area contributed by atoms with Crippen molar-refractivity contribution in [3.63, 3.8) is 0 Å². The Morgan fingerprint density at radius 2 is 1.13 bits per heavy atom. The fraction of sp³-hybridized carbons (Fsp3) is 0.500. The summed E-state index contributed by atoms with van der Waals surface area (Å²) >= 11 is 0. The number of hydrogen-bond donors (Lipinski definition) is 0. The van der Waals surface area contributed by atoms with Gasteiger partial charge in [-0.3, -0.25) is 0 Å².